The maximum Gasteiger partial charge on any atom is 0.267 e. The minimum Gasteiger partial charge on any atom is -0.366 e. The second-order valence-corrected chi connectivity index (χ2v) is 8.30. The Kier molecular flexibility index (Phi) is 5.80. The van der Waals surface area contributed by atoms with Gasteiger partial charge < -0.3 is 5.32 Å². The van der Waals surface area contributed by atoms with E-state index in [-0.39, 0.29) is 5.91 Å². The van der Waals surface area contributed by atoms with E-state index < -0.39 is 0 Å². The second-order valence-electron chi connectivity index (χ2n) is 4.98. The van der Waals surface area contributed by atoms with E-state index in [1.807, 2.05) is 48.5 Å². The molecular weight excluding hydrogens is 475 g/mol. The average molecular weight is 487 g/mol. The quantitative estimate of drug-likeness (QED) is 0.365. The van der Waals surface area contributed by atoms with Gasteiger partial charge in [-0.1, -0.05) is 59.8 Å². The van der Waals surface area contributed by atoms with Gasteiger partial charge >= 0.3 is 0 Å². The standard InChI is InChI=1S/C17H12ClIN2OS2/c18-13-3-1-2-4-14(13)20-10-21-16(22)15(24-17(21)23)9-11-5-7-12(19)8-6-11/h1-9,20H,10H2/b15-9+. The van der Waals surface area contributed by atoms with E-state index in [4.69, 9.17) is 23.8 Å². The number of nitrogens with one attached hydrogen (secondary N) is 1. The van der Waals surface area contributed by atoms with E-state index in [1.54, 1.807) is 11.0 Å². The third-order valence-corrected chi connectivity index (χ3v) is 5.77. The van der Waals surface area contributed by atoms with Gasteiger partial charge in [0.15, 0.2) is 0 Å². The molecular formula is C17H12ClIN2OS2. The van der Waals surface area contributed by atoms with Crippen LogP contribution in [0.3, 0.4) is 0 Å². The first-order valence-corrected chi connectivity index (χ1v) is 9.72. The molecule has 1 saturated heterocycles. The minimum absolute atomic E-state index is 0.0943. The molecule has 0 spiro atoms. The first-order valence-electron chi connectivity index (χ1n) is 7.04. The molecule has 0 saturated carbocycles. The van der Waals surface area contributed by atoms with Crippen molar-refractivity contribution in [3.05, 3.63) is 67.6 Å². The molecule has 0 aromatic heterocycles. The van der Waals surface area contributed by atoms with Gasteiger partial charge in [-0.25, -0.2) is 0 Å². The Labute approximate surface area is 168 Å². The smallest absolute Gasteiger partial charge is 0.267 e. The molecule has 1 amide bonds. The molecule has 122 valence electrons. The number of carbonyl (C=O) groups excluding carboxylic acids is 1. The van der Waals surface area contributed by atoms with Gasteiger partial charge in [0, 0.05) is 3.57 Å². The maximum absolute atomic E-state index is 12.6. The predicted molar refractivity (Wildman–Crippen MR) is 114 cm³/mol. The van der Waals surface area contributed by atoms with Gasteiger partial charge in [-0.2, -0.15) is 0 Å². The van der Waals surface area contributed by atoms with E-state index >= 15 is 0 Å². The Morgan fingerprint density at radius 1 is 1.21 bits per heavy atom. The molecule has 0 aliphatic carbocycles. The van der Waals surface area contributed by atoms with Gasteiger partial charge in [0.1, 0.15) is 4.32 Å². The van der Waals surface area contributed by atoms with Crippen molar-refractivity contribution in [2.45, 2.75) is 0 Å². The normalized spacial score (nSPS) is 16.1. The molecule has 7 heteroatoms. The number of carbonyl (C=O) groups is 1. The number of thiocarbonyl (C=S) groups is 1. The van der Waals surface area contributed by atoms with Crippen molar-refractivity contribution >= 4 is 80.2 Å². The monoisotopic (exact) mass is 486 g/mol. The van der Waals surface area contributed by atoms with Crippen LogP contribution in [0, 0.1) is 3.57 Å². The van der Waals surface area contributed by atoms with Crippen LogP contribution in [0.5, 0.6) is 0 Å². The number of thioether (sulfide) groups is 1. The highest BCUT2D eigenvalue weighted by Crippen LogP contribution is 2.32. The summed E-state index contributed by atoms with van der Waals surface area (Å²) in [7, 11) is 0. The number of halogens is 2. The number of benzene rings is 2. The Bertz CT molecular complexity index is 824. The fourth-order valence-electron chi connectivity index (χ4n) is 2.12. The number of amides is 1. The Morgan fingerprint density at radius 3 is 2.62 bits per heavy atom. The van der Waals surface area contributed by atoms with E-state index in [1.165, 1.54) is 11.8 Å². The summed E-state index contributed by atoms with van der Waals surface area (Å²) in [5, 5.41) is 3.76. The van der Waals surface area contributed by atoms with Crippen LogP contribution in [0.15, 0.2) is 53.4 Å². The lowest BCUT2D eigenvalue weighted by atomic mass is 10.2. The molecule has 1 aliphatic heterocycles. The van der Waals surface area contributed by atoms with E-state index in [2.05, 4.69) is 27.9 Å². The molecule has 0 atom stereocenters. The van der Waals surface area contributed by atoms with Gasteiger partial charge in [0.05, 0.1) is 22.3 Å². The first-order chi connectivity index (χ1) is 11.5. The zero-order chi connectivity index (χ0) is 17.1. The zero-order valence-corrected chi connectivity index (χ0v) is 16.9. The van der Waals surface area contributed by atoms with Crippen LogP contribution < -0.4 is 5.32 Å². The lowest BCUT2D eigenvalue weighted by molar-refractivity contribution is -0.121. The summed E-state index contributed by atoms with van der Waals surface area (Å²) in [6.07, 6.45) is 1.87. The van der Waals surface area contributed by atoms with Crippen molar-refractivity contribution in [1.82, 2.24) is 4.90 Å². The fraction of sp³-hybridized carbons (Fsp3) is 0.0588. The summed E-state index contributed by atoms with van der Waals surface area (Å²) in [5.74, 6) is -0.0943. The van der Waals surface area contributed by atoms with Gasteiger partial charge in [-0.05, 0) is 58.5 Å². The summed E-state index contributed by atoms with van der Waals surface area (Å²) in [6, 6.07) is 15.4. The van der Waals surface area contributed by atoms with E-state index in [0.29, 0.717) is 20.9 Å². The van der Waals surface area contributed by atoms with Crippen LogP contribution >= 0.6 is 58.2 Å². The average Bonchev–Trinajstić information content (AvgIpc) is 2.83. The molecule has 24 heavy (non-hydrogen) atoms. The Morgan fingerprint density at radius 2 is 1.92 bits per heavy atom. The molecule has 0 radical (unpaired) electrons. The van der Waals surface area contributed by atoms with Crippen LogP contribution in [-0.4, -0.2) is 21.8 Å². The molecule has 1 heterocycles. The summed E-state index contributed by atoms with van der Waals surface area (Å²) < 4.78 is 1.69. The number of hydrogen-bond acceptors (Lipinski definition) is 4. The van der Waals surface area contributed by atoms with E-state index in [0.717, 1.165) is 14.8 Å². The number of hydrogen-bond donors (Lipinski definition) is 1. The third kappa shape index (κ3) is 4.11. The molecule has 0 bridgehead atoms. The molecule has 3 nitrogen and oxygen atoms in total. The van der Waals surface area contributed by atoms with Crippen molar-refractivity contribution in [3.8, 4) is 0 Å². The molecule has 1 N–H and O–H groups in total. The topological polar surface area (TPSA) is 32.3 Å². The first kappa shape index (κ1) is 17.7. The number of anilines is 1. The molecule has 2 aromatic carbocycles. The third-order valence-electron chi connectivity index (χ3n) is 3.34. The van der Waals surface area contributed by atoms with Crippen LogP contribution in [0.1, 0.15) is 5.56 Å². The largest absolute Gasteiger partial charge is 0.366 e. The second kappa shape index (κ2) is 7.86. The Hall–Kier alpha value is -1.09. The van der Waals surface area contributed by atoms with Gasteiger partial charge in [-0.3, -0.25) is 9.69 Å². The van der Waals surface area contributed by atoms with Gasteiger partial charge in [0.25, 0.3) is 5.91 Å². The van der Waals surface area contributed by atoms with Crippen molar-refractivity contribution < 1.29 is 4.79 Å². The Balaban J connectivity index is 1.72. The van der Waals surface area contributed by atoms with Crippen molar-refractivity contribution in [2.75, 3.05) is 12.0 Å². The number of nitrogens with zero attached hydrogens (tertiary/aromatic N) is 1. The van der Waals surface area contributed by atoms with Crippen molar-refractivity contribution in [2.24, 2.45) is 0 Å². The fourth-order valence-corrected chi connectivity index (χ4v) is 3.93. The highest BCUT2D eigenvalue weighted by molar-refractivity contribution is 14.1. The zero-order valence-electron chi connectivity index (χ0n) is 12.3. The van der Waals surface area contributed by atoms with E-state index in [9.17, 15) is 4.79 Å². The summed E-state index contributed by atoms with van der Waals surface area (Å²) >= 11 is 15.0. The number of rotatable bonds is 4. The lowest BCUT2D eigenvalue weighted by Gasteiger charge is -2.16. The minimum atomic E-state index is -0.0943. The molecule has 1 aliphatic rings. The molecule has 1 fully saturated rings. The molecule has 2 aromatic rings. The van der Waals surface area contributed by atoms with Crippen molar-refractivity contribution in [1.29, 1.82) is 0 Å². The summed E-state index contributed by atoms with van der Waals surface area (Å²) in [6.45, 7) is 0.290. The molecule has 0 unspecified atom stereocenters. The van der Waals surface area contributed by atoms with Crippen LogP contribution in [-0.2, 0) is 4.79 Å². The lowest BCUT2D eigenvalue weighted by Crippen LogP contribution is -2.33. The maximum atomic E-state index is 12.6. The van der Waals surface area contributed by atoms with Crippen LogP contribution in [0.4, 0.5) is 5.69 Å². The van der Waals surface area contributed by atoms with Crippen LogP contribution in [0.25, 0.3) is 6.08 Å². The predicted octanol–water partition coefficient (Wildman–Crippen LogP) is 5.22. The van der Waals surface area contributed by atoms with Crippen LogP contribution in [0.2, 0.25) is 5.02 Å². The number of para-hydroxylation sites is 1. The highest BCUT2D eigenvalue weighted by Gasteiger charge is 2.31. The van der Waals surface area contributed by atoms with Gasteiger partial charge in [-0.15, -0.1) is 0 Å². The molecule has 3 rings (SSSR count). The summed E-state index contributed by atoms with van der Waals surface area (Å²) in [4.78, 5) is 14.7. The van der Waals surface area contributed by atoms with Gasteiger partial charge in [0.2, 0.25) is 0 Å². The highest BCUT2D eigenvalue weighted by atomic mass is 127. The van der Waals surface area contributed by atoms with Crippen molar-refractivity contribution in [3.63, 3.8) is 0 Å². The summed E-state index contributed by atoms with van der Waals surface area (Å²) in [5.41, 5.74) is 1.75. The SMILES string of the molecule is O=C1/C(=C\c2ccc(I)cc2)SC(=S)N1CNc1ccccc1Cl.